The minimum atomic E-state index is -0.460. The van der Waals surface area contributed by atoms with Crippen LogP contribution in [0, 0.1) is 28.9 Å². The van der Waals surface area contributed by atoms with E-state index in [1.807, 2.05) is 0 Å². The van der Waals surface area contributed by atoms with Crippen LogP contribution in [-0.4, -0.2) is 38.7 Å². The Balaban J connectivity index is 1.45. The van der Waals surface area contributed by atoms with Crippen LogP contribution in [0.1, 0.15) is 19.3 Å². The van der Waals surface area contributed by atoms with E-state index in [1.54, 1.807) is 0 Å². The molecule has 0 aromatic carbocycles. The number of hydrazine groups is 1. The topological polar surface area (TPSA) is 50.9 Å². The zero-order chi connectivity index (χ0) is 14.1. The predicted octanol–water partition coefficient (Wildman–Crippen LogP) is -1.35. The van der Waals surface area contributed by atoms with E-state index in [4.69, 9.17) is 4.84 Å². The second-order valence-electron chi connectivity index (χ2n) is 5.80. The Hall–Kier alpha value is -0.470. The van der Waals surface area contributed by atoms with Crippen LogP contribution >= 0.6 is 0 Å². The van der Waals surface area contributed by atoms with Crippen LogP contribution in [0.25, 0.3) is 0 Å². The zero-order valence-electron chi connectivity index (χ0n) is 11.5. The van der Waals surface area contributed by atoms with Crippen molar-refractivity contribution in [3.05, 3.63) is 17.4 Å². The number of fused-ring (bicyclic) bond motifs is 5. The fourth-order valence-corrected chi connectivity index (χ4v) is 5.40. The molecule has 2 saturated carbocycles. The van der Waals surface area contributed by atoms with Gasteiger partial charge in [-0.05, 0) is 0 Å². The Bertz CT molecular complexity index is 409. The van der Waals surface area contributed by atoms with Gasteiger partial charge in [0.15, 0.2) is 0 Å². The maximum atomic E-state index is 11.9. The van der Waals surface area contributed by atoms with E-state index in [2.05, 4.69) is 30.6 Å². The van der Waals surface area contributed by atoms with E-state index < -0.39 is 21.5 Å². The fourth-order valence-electron chi connectivity index (χ4n) is 3.93. The number of hydrogen-bond acceptors (Lipinski definition) is 4. The molecular weight excluding hydrogens is 369 g/mol. The maximum absolute atomic E-state index is 11.9. The van der Waals surface area contributed by atoms with Crippen LogP contribution in [-0.2, 0) is 4.84 Å². The van der Waals surface area contributed by atoms with Gasteiger partial charge in [0.1, 0.15) is 0 Å². The number of nitrogens with zero attached hydrogens (tertiary/aromatic N) is 3. The van der Waals surface area contributed by atoms with Crippen LogP contribution in [0.5, 0.6) is 0 Å². The summed E-state index contributed by atoms with van der Waals surface area (Å²) in [4.78, 5) is 9.35. The van der Waals surface area contributed by atoms with Crippen LogP contribution in [0.3, 0.4) is 0 Å². The molecule has 6 heteroatoms. The molecule has 0 radical (unpaired) electrons. The number of halogens is 1. The van der Waals surface area contributed by atoms with Crippen molar-refractivity contribution in [2.24, 2.45) is 28.7 Å². The van der Waals surface area contributed by atoms with Gasteiger partial charge in [-0.25, -0.2) is 0 Å². The molecule has 0 saturated heterocycles. The molecule has 2 bridgehead atoms. The van der Waals surface area contributed by atoms with E-state index in [0.717, 1.165) is 40.9 Å². The van der Waals surface area contributed by atoms with Gasteiger partial charge in [0.05, 0.1) is 0 Å². The molecule has 0 heterocycles. The molecule has 0 aromatic rings. The molecule has 4 atom stereocenters. The third-order valence-electron chi connectivity index (χ3n) is 4.75. The van der Waals surface area contributed by atoms with E-state index >= 15 is 0 Å². The molecule has 0 spiro atoms. The molecule has 112 valence electrons. The number of alkyl halides is 1. The van der Waals surface area contributed by atoms with Gasteiger partial charge < -0.3 is 0 Å². The van der Waals surface area contributed by atoms with Gasteiger partial charge in [0, 0.05) is 0 Å². The number of aliphatic imine (C=N–C) groups is 1. The third kappa shape index (κ3) is 2.78. The van der Waals surface area contributed by atoms with Crippen molar-refractivity contribution in [2.45, 2.75) is 25.4 Å². The number of rotatable bonds is 7. The Morgan fingerprint density at radius 3 is 2.55 bits per heavy atom. The van der Waals surface area contributed by atoms with Crippen molar-refractivity contribution in [1.29, 1.82) is 0 Å². The number of allylic oxidation sites excluding steroid dienone is 2. The first-order valence-corrected chi connectivity index (χ1v) is 9.63. The molecule has 2 fully saturated rings. The van der Waals surface area contributed by atoms with Gasteiger partial charge in [-0.3, -0.25) is 0 Å². The first-order valence-electron chi connectivity index (χ1n) is 7.14. The number of hydrogen-bond donors (Lipinski definition) is 0. The SMILES string of the molecule is C=NCC[I-][N+](=C)N([O-])OC1CC2C3C=CC(C3)C2C1. The van der Waals surface area contributed by atoms with Crippen molar-refractivity contribution >= 4 is 13.4 Å². The third-order valence-corrected chi connectivity index (χ3v) is 6.86. The molecule has 3 aliphatic carbocycles. The van der Waals surface area contributed by atoms with Gasteiger partial charge >= 0.3 is 130 Å². The van der Waals surface area contributed by atoms with Crippen molar-refractivity contribution in [2.75, 3.05) is 11.0 Å². The predicted molar refractivity (Wildman–Crippen MR) is 73.7 cm³/mol. The molecule has 3 aliphatic rings. The van der Waals surface area contributed by atoms with Gasteiger partial charge in [-0.2, -0.15) is 0 Å². The van der Waals surface area contributed by atoms with Crippen molar-refractivity contribution in [1.82, 2.24) is 5.34 Å². The Morgan fingerprint density at radius 2 is 1.95 bits per heavy atom. The summed E-state index contributed by atoms with van der Waals surface area (Å²) in [5.41, 5.74) is 0. The first kappa shape index (κ1) is 14.5. The summed E-state index contributed by atoms with van der Waals surface area (Å²) in [6.45, 7) is 7.89. The monoisotopic (exact) mass is 390 g/mol. The quantitative estimate of drug-likeness (QED) is 0.103. The summed E-state index contributed by atoms with van der Waals surface area (Å²) >= 11 is -0.460. The van der Waals surface area contributed by atoms with Gasteiger partial charge in [-0.15, -0.1) is 0 Å². The molecule has 0 aromatic heterocycles. The molecule has 0 aliphatic heterocycles. The first-order chi connectivity index (χ1) is 9.69. The second kappa shape index (κ2) is 6.11. The summed E-state index contributed by atoms with van der Waals surface area (Å²) in [5, 5.41) is 12.5. The van der Waals surface area contributed by atoms with Crippen LogP contribution < -0.4 is 21.5 Å². The van der Waals surface area contributed by atoms with Gasteiger partial charge in [0.2, 0.25) is 0 Å². The molecule has 3 rings (SSSR count). The van der Waals surface area contributed by atoms with E-state index in [9.17, 15) is 5.21 Å². The van der Waals surface area contributed by atoms with Crippen LogP contribution in [0.15, 0.2) is 17.1 Å². The van der Waals surface area contributed by atoms with E-state index in [1.165, 1.54) is 9.32 Å². The van der Waals surface area contributed by atoms with E-state index in [-0.39, 0.29) is 6.10 Å². The Morgan fingerprint density at radius 1 is 1.30 bits per heavy atom. The van der Waals surface area contributed by atoms with Crippen LogP contribution in [0.2, 0.25) is 0 Å². The van der Waals surface area contributed by atoms with Crippen LogP contribution in [0.4, 0.5) is 0 Å². The zero-order valence-corrected chi connectivity index (χ0v) is 13.7. The van der Waals surface area contributed by atoms with E-state index in [0.29, 0.717) is 11.9 Å². The fraction of sp³-hybridized carbons (Fsp3) is 0.714. The minimum absolute atomic E-state index is 0.0680. The van der Waals surface area contributed by atoms with Crippen molar-refractivity contribution in [3.8, 4) is 0 Å². The second-order valence-corrected chi connectivity index (χ2v) is 8.68. The summed E-state index contributed by atoms with van der Waals surface area (Å²) in [6.07, 6.45) is 8.17. The van der Waals surface area contributed by atoms with Gasteiger partial charge in [0.25, 0.3) is 0 Å². The average Bonchev–Trinajstić information content (AvgIpc) is 3.10. The standard InChI is InChI=1S/C14H21IN3O2/c1-16-6-5-15-17(2)18(19)20-12-8-13-10-3-4-11(7-10)14(13)9-12/h3-4,10-14H,1-2,5-9H2/q-1. The Kier molecular flexibility index (Phi) is 4.42. The van der Waals surface area contributed by atoms with Crippen molar-refractivity contribution < 1.29 is 29.2 Å². The van der Waals surface area contributed by atoms with Crippen molar-refractivity contribution in [3.63, 3.8) is 0 Å². The summed E-state index contributed by atoms with van der Waals surface area (Å²) < 4.78 is 2.31. The molecule has 20 heavy (non-hydrogen) atoms. The number of hydrazone groups is 1. The molecule has 0 N–H and O–H groups in total. The average molecular weight is 390 g/mol. The summed E-state index contributed by atoms with van der Waals surface area (Å²) in [7, 11) is 0. The molecule has 0 amide bonds. The Labute approximate surface area is 130 Å². The molecule has 4 unspecified atom stereocenters. The normalized spacial score (nSPS) is 37.4. The molecule has 5 nitrogen and oxygen atoms in total. The summed E-state index contributed by atoms with van der Waals surface area (Å²) in [5.74, 6) is 2.95. The van der Waals surface area contributed by atoms with Gasteiger partial charge in [-0.1, -0.05) is 0 Å². The molecular formula is C14H21IN3O2-. The summed E-state index contributed by atoms with van der Waals surface area (Å²) in [6, 6.07) is 0.